The Kier molecular flexibility index (Phi) is 2.46. The van der Waals surface area contributed by atoms with E-state index in [1.807, 2.05) is 0 Å². The predicted molar refractivity (Wildman–Crippen MR) is 96.7 cm³/mol. The SMILES string of the molecule is CC12C[C@H]3O[C@@]34C(C3CC3=C3CC(=O)CCC34C)C1CC[C@@]21CCC(=O)O1. The van der Waals surface area contributed by atoms with Crippen LogP contribution in [0, 0.1) is 28.6 Å². The van der Waals surface area contributed by atoms with Crippen molar-refractivity contribution in [2.24, 2.45) is 28.6 Å². The summed E-state index contributed by atoms with van der Waals surface area (Å²) in [6, 6.07) is 0. The molecule has 5 unspecified atom stereocenters. The molecule has 2 aliphatic heterocycles. The van der Waals surface area contributed by atoms with Crippen molar-refractivity contribution in [3.8, 4) is 0 Å². The number of hydrogen-bond acceptors (Lipinski definition) is 4. The van der Waals surface area contributed by atoms with Crippen LogP contribution in [0.5, 0.6) is 0 Å². The molecule has 144 valence electrons. The second kappa shape index (κ2) is 4.22. The van der Waals surface area contributed by atoms with Crippen LogP contribution in [0.2, 0.25) is 0 Å². The summed E-state index contributed by atoms with van der Waals surface area (Å²) in [5.41, 5.74) is 2.90. The van der Waals surface area contributed by atoms with Crippen LogP contribution in [0.3, 0.4) is 0 Å². The van der Waals surface area contributed by atoms with E-state index >= 15 is 0 Å². The molecule has 5 aliphatic carbocycles. The van der Waals surface area contributed by atoms with Gasteiger partial charge in [0.15, 0.2) is 0 Å². The van der Waals surface area contributed by atoms with Crippen molar-refractivity contribution < 1.29 is 19.1 Å². The van der Waals surface area contributed by atoms with Gasteiger partial charge in [-0.05, 0) is 50.4 Å². The van der Waals surface area contributed by atoms with E-state index in [1.54, 1.807) is 5.57 Å². The zero-order chi connectivity index (χ0) is 18.4. The Balaban J connectivity index is 1.36. The molecule has 27 heavy (non-hydrogen) atoms. The van der Waals surface area contributed by atoms with Crippen molar-refractivity contribution in [2.75, 3.05) is 0 Å². The fourth-order valence-electron chi connectivity index (χ4n) is 9.04. The van der Waals surface area contributed by atoms with Gasteiger partial charge in [-0.2, -0.15) is 0 Å². The third-order valence-corrected chi connectivity index (χ3v) is 10.4. The lowest BCUT2D eigenvalue weighted by atomic mass is 9.46. The van der Waals surface area contributed by atoms with Crippen LogP contribution >= 0.6 is 0 Å². The Morgan fingerprint density at radius 3 is 2.70 bits per heavy atom. The monoisotopic (exact) mass is 368 g/mol. The normalized spacial score (nSPS) is 59.6. The van der Waals surface area contributed by atoms with Gasteiger partial charge in [0.05, 0.1) is 6.10 Å². The standard InChI is InChI=1S/C23H28O4/c1-20-6-3-12(24)9-16(20)13-10-14(13)19-15-4-7-22(8-5-18(25)27-22)21(15,2)11-17-23(19,20)26-17/h14-15,17,19H,3-11H2,1-2H3/t14?,15?,17-,19?,20?,21?,22-,23-/m1/s1. The number of hydrogen-bond donors (Lipinski definition) is 0. The summed E-state index contributed by atoms with van der Waals surface area (Å²) >= 11 is 0. The highest BCUT2D eigenvalue weighted by atomic mass is 16.6. The van der Waals surface area contributed by atoms with Crippen LogP contribution in [-0.4, -0.2) is 29.1 Å². The van der Waals surface area contributed by atoms with E-state index in [9.17, 15) is 9.59 Å². The van der Waals surface area contributed by atoms with Crippen molar-refractivity contribution in [1.29, 1.82) is 0 Å². The lowest BCUT2D eigenvalue weighted by Gasteiger charge is -2.56. The highest BCUT2D eigenvalue weighted by Crippen LogP contribution is 2.81. The van der Waals surface area contributed by atoms with Gasteiger partial charge in [0, 0.05) is 36.0 Å². The highest BCUT2D eigenvalue weighted by molar-refractivity contribution is 5.84. The molecule has 0 radical (unpaired) electrons. The number of rotatable bonds is 0. The molecule has 6 fully saturated rings. The fraction of sp³-hybridized carbons (Fsp3) is 0.826. The van der Waals surface area contributed by atoms with Crippen LogP contribution in [0.15, 0.2) is 11.1 Å². The zero-order valence-corrected chi connectivity index (χ0v) is 16.3. The summed E-state index contributed by atoms with van der Waals surface area (Å²) in [6.45, 7) is 4.81. The Morgan fingerprint density at radius 1 is 1.07 bits per heavy atom. The van der Waals surface area contributed by atoms with Gasteiger partial charge >= 0.3 is 5.97 Å². The predicted octanol–water partition coefficient (Wildman–Crippen LogP) is 3.73. The molecular weight excluding hydrogens is 340 g/mol. The molecule has 0 aromatic carbocycles. The van der Waals surface area contributed by atoms with E-state index in [1.165, 1.54) is 18.4 Å². The van der Waals surface area contributed by atoms with E-state index in [-0.39, 0.29) is 34.1 Å². The first-order valence-electron chi connectivity index (χ1n) is 11.0. The average Bonchev–Trinajstić information content (AvgIpc) is 3.49. The van der Waals surface area contributed by atoms with E-state index in [0.717, 1.165) is 25.7 Å². The Labute approximate surface area is 160 Å². The van der Waals surface area contributed by atoms with E-state index in [2.05, 4.69) is 13.8 Å². The fourth-order valence-corrected chi connectivity index (χ4v) is 9.04. The van der Waals surface area contributed by atoms with Crippen molar-refractivity contribution in [3.63, 3.8) is 0 Å². The van der Waals surface area contributed by atoms with Crippen LogP contribution in [0.4, 0.5) is 0 Å². The first kappa shape index (κ1) is 15.7. The molecule has 0 bridgehead atoms. The molecule has 4 saturated carbocycles. The summed E-state index contributed by atoms with van der Waals surface area (Å²) < 4.78 is 12.8. The van der Waals surface area contributed by atoms with Crippen molar-refractivity contribution >= 4 is 11.8 Å². The lowest BCUT2D eigenvalue weighted by molar-refractivity contribution is -0.164. The molecule has 4 heteroatoms. The summed E-state index contributed by atoms with van der Waals surface area (Å²) in [6.07, 6.45) is 8.54. The summed E-state index contributed by atoms with van der Waals surface area (Å²) in [4.78, 5) is 24.3. The number of ketones is 1. The summed E-state index contributed by atoms with van der Waals surface area (Å²) in [5, 5.41) is 0. The largest absolute Gasteiger partial charge is 0.458 e. The van der Waals surface area contributed by atoms with Crippen LogP contribution in [0.25, 0.3) is 0 Å². The first-order chi connectivity index (χ1) is 12.8. The van der Waals surface area contributed by atoms with Gasteiger partial charge in [0.2, 0.25) is 0 Å². The van der Waals surface area contributed by atoms with Crippen molar-refractivity contribution in [3.05, 3.63) is 11.1 Å². The molecule has 7 rings (SSSR count). The quantitative estimate of drug-likeness (QED) is 0.371. The third-order valence-electron chi connectivity index (χ3n) is 10.4. The van der Waals surface area contributed by atoms with Gasteiger partial charge in [0.1, 0.15) is 17.0 Å². The zero-order valence-electron chi connectivity index (χ0n) is 16.3. The number of fused-ring (bicyclic) bond motifs is 6. The van der Waals surface area contributed by atoms with E-state index in [4.69, 9.17) is 9.47 Å². The highest BCUT2D eigenvalue weighted by Gasteiger charge is 2.84. The third kappa shape index (κ3) is 1.47. The van der Waals surface area contributed by atoms with Gasteiger partial charge in [-0.25, -0.2) is 0 Å². The Bertz CT molecular complexity index is 858. The summed E-state index contributed by atoms with van der Waals surface area (Å²) in [7, 11) is 0. The second-order valence-electron chi connectivity index (χ2n) is 11.0. The molecular formula is C23H28O4. The van der Waals surface area contributed by atoms with E-state index < -0.39 is 0 Å². The number of Topliss-reactive ketones (excluding diaryl/α,β-unsaturated/α-hetero) is 1. The van der Waals surface area contributed by atoms with Gasteiger partial charge in [-0.1, -0.05) is 25.0 Å². The Hall–Kier alpha value is -1.16. The van der Waals surface area contributed by atoms with Gasteiger partial charge in [-0.15, -0.1) is 0 Å². The molecule has 2 heterocycles. The minimum absolute atomic E-state index is 0.00104. The number of allylic oxidation sites excluding steroid dienone is 1. The van der Waals surface area contributed by atoms with Crippen molar-refractivity contribution in [1.82, 2.24) is 0 Å². The molecule has 0 aromatic rings. The minimum atomic E-state index is -0.241. The smallest absolute Gasteiger partial charge is 0.306 e. The van der Waals surface area contributed by atoms with Crippen LogP contribution in [0.1, 0.15) is 71.6 Å². The van der Waals surface area contributed by atoms with Gasteiger partial charge in [0.25, 0.3) is 0 Å². The maximum absolute atomic E-state index is 12.2. The molecule has 0 aromatic heterocycles. The summed E-state index contributed by atoms with van der Waals surface area (Å²) in [5.74, 6) is 2.20. The first-order valence-corrected chi connectivity index (χ1v) is 11.0. The maximum atomic E-state index is 12.2. The molecule has 0 amide bonds. The molecule has 8 atom stereocenters. The molecule has 2 saturated heterocycles. The van der Waals surface area contributed by atoms with Crippen LogP contribution < -0.4 is 0 Å². The minimum Gasteiger partial charge on any atom is -0.458 e. The van der Waals surface area contributed by atoms with Gasteiger partial charge in [-0.3, -0.25) is 9.59 Å². The van der Waals surface area contributed by atoms with Crippen LogP contribution in [-0.2, 0) is 19.1 Å². The number of ether oxygens (including phenoxy) is 2. The molecule has 7 aliphatic rings. The number of epoxide rings is 1. The topological polar surface area (TPSA) is 55.9 Å². The van der Waals surface area contributed by atoms with Crippen molar-refractivity contribution in [2.45, 2.75) is 88.9 Å². The lowest BCUT2D eigenvalue weighted by Crippen LogP contribution is -2.60. The number of esters is 1. The molecule has 0 N–H and O–H groups in total. The molecule has 4 nitrogen and oxygen atoms in total. The van der Waals surface area contributed by atoms with Gasteiger partial charge < -0.3 is 9.47 Å². The number of carbonyl (C=O) groups is 2. The second-order valence-corrected chi connectivity index (χ2v) is 11.0. The molecule has 2 spiro atoms. The average molecular weight is 368 g/mol. The van der Waals surface area contributed by atoms with E-state index in [0.29, 0.717) is 42.8 Å². The Morgan fingerprint density at radius 2 is 1.93 bits per heavy atom. The number of carbonyl (C=O) groups excluding carboxylic acids is 2. The maximum Gasteiger partial charge on any atom is 0.306 e.